The maximum Gasteiger partial charge on any atom is 0.0105 e. The molecule has 0 amide bonds. The first-order valence-electron chi connectivity index (χ1n) is 5.73. The minimum Gasteiger partial charge on any atom is -0.314 e. The minimum atomic E-state index is 0.601. The Kier molecular flexibility index (Phi) is 6.37. The van der Waals surface area contributed by atoms with Gasteiger partial charge in [0.1, 0.15) is 0 Å². The summed E-state index contributed by atoms with van der Waals surface area (Å²) in [6.45, 7) is 7.14. The van der Waals surface area contributed by atoms with Gasteiger partial charge in [-0.25, -0.2) is 0 Å². The molecule has 15 heavy (non-hydrogen) atoms. The summed E-state index contributed by atoms with van der Waals surface area (Å²) in [6, 6.07) is 4.95. The average Bonchev–Trinajstić information content (AvgIpc) is 2.75. The van der Waals surface area contributed by atoms with E-state index >= 15 is 0 Å². The zero-order valence-electron chi connectivity index (χ0n) is 9.54. The van der Waals surface area contributed by atoms with Crippen LogP contribution in [0, 0.1) is 0 Å². The summed E-state index contributed by atoms with van der Waals surface area (Å²) in [7, 11) is 0. The standard InChI is InChI=1S/C13H21NS/c1-3-6-12(14-10-4-2)8-9-13-7-5-11-15-13/h3,5,7,11-12,14H,1,4,6,8-10H2,2H3. The molecule has 0 spiro atoms. The molecule has 0 saturated carbocycles. The Morgan fingerprint density at radius 3 is 3.07 bits per heavy atom. The van der Waals surface area contributed by atoms with Gasteiger partial charge in [-0.05, 0) is 43.7 Å². The number of hydrogen-bond acceptors (Lipinski definition) is 2. The van der Waals surface area contributed by atoms with Gasteiger partial charge in [-0.1, -0.05) is 19.1 Å². The second-order valence-corrected chi connectivity index (χ2v) is 4.83. The summed E-state index contributed by atoms with van der Waals surface area (Å²) in [5.74, 6) is 0. The SMILES string of the molecule is C=CCC(CCc1cccs1)NCCC. The summed E-state index contributed by atoms with van der Waals surface area (Å²) in [5, 5.41) is 5.72. The topological polar surface area (TPSA) is 12.0 Å². The van der Waals surface area contributed by atoms with Crippen LogP contribution in [0.5, 0.6) is 0 Å². The first-order chi connectivity index (χ1) is 7.36. The second-order valence-electron chi connectivity index (χ2n) is 3.79. The Labute approximate surface area is 97.2 Å². The predicted molar refractivity (Wildman–Crippen MR) is 69.5 cm³/mol. The molecule has 0 aliphatic rings. The summed E-state index contributed by atoms with van der Waals surface area (Å²) in [6.07, 6.45) is 6.69. The van der Waals surface area contributed by atoms with E-state index in [-0.39, 0.29) is 0 Å². The van der Waals surface area contributed by atoms with Crippen molar-refractivity contribution in [3.05, 3.63) is 35.0 Å². The lowest BCUT2D eigenvalue weighted by molar-refractivity contribution is 0.485. The normalized spacial score (nSPS) is 12.6. The molecule has 1 unspecified atom stereocenters. The van der Waals surface area contributed by atoms with E-state index in [1.807, 2.05) is 17.4 Å². The van der Waals surface area contributed by atoms with Gasteiger partial charge >= 0.3 is 0 Å². The van der Waals surface area contributed by atoms with Crippen LogP contribution in [0.1, 0.15) is 31.1 Å². The summed E-state index contributed by atoms with van der Waals surface area (Å²) >= 11 is 1.85. The quantitative estimate of drug-likeness (QED) is 0.664. The van der Waals surface area contributed by atoms with E-state index in [2.05, 4.69) is 36.3 Å². The Balaban J connectivity index is 2.27. The van der Waals surface area contributed by atoms with Crippen molar-refractivity contribution >= 4 is 11.3 Å². The van der Waals surface area contributed by atoms with E-state index in [0.717, 1.165) is 13.0 Å². The molecule has 1 aromatic rings. The highest BCUT2D eigenvalue weighted by atomic mass is 32.1. The van der Waals surface area contributed by atoms with E-state index in [9.17, 15) is 0 Å². The van der Waals surface area contributed by atoms with Crippen LogP contribution < -0.4 is 5.32 Å². The zero-order valence-corrected chi connectivity index (χ0v) is 10.4. The molecule has 0 aromatic carbocycles. The summed E-state index contributed by atoms with van der Waals surface area (Å²) in [4.78, 5) is 1.49. The van der Waals surface area contributed by atoms with Crippen LogP contribution in [0.3, 0.4) is 0 Å². The van der Waals surface area contributed by atoms with E-state index in [1.165, 1.54) is 24.1 Å². The van der Waals surface area contributed by atoms with Crippen molar-refractivity contribution < 1.29 is 0 Å². The zero-order chi connectivity index (χ0) is 10.9. The molecule has 0 saturated heterocycles. The van der Waals surface area contributed by atoms with Crippen LogP contribution >= 0.6 is 11.3 Å². The van der Waals surface area contributed by atoms with E-state index < -0.39 is 0 Å². The average molecular weight is 223 g/mol. The molecule has 84 valence electrons. The Hall–Kier alpha value is -0.600. The lowest BCUT2D eigenvalue weighted by Gasteiger charge is -2.16. The highest BCUT2D eigenvalue weighted by Gasteiger charge is 2.05. The molecule has 0 radical (unpaired) electrons. The monoisotopic (exact) mass is 223 g/mol. The first-order valence-corrected chi connectivity index (χ1v) is 6.61. The van der Waals surface area contributed by atoms with Crippen molar-refractivity contribution in [1.82, 2.24) is 5.32 Å². The largest absolute Gasteiger partial charge is 0.314 e. The van der Waals surface area contributed by atoms with Gasteiger partial charge in [-0.2, -0.15) is 0 Å². The molecule has 2 heteroatoms. The Bertz CT molecular complexity index is 254. The smallest absolute Gasteiger partial charge is 0.0105 e. The van der Waals surface area contributed by atoms with Crippen LogP contribution in [0.25, 0.3) is 0 Å². The van der Waals surface area contributed by atoms with Gasteiger partial charge in [0.2, 0.25) is 0 Å². The molecule has 0 aliphatic heterocycles. The molecular weight excluding hydrogens is 202 g/mol. The van der Waals surface area contributed by atoms with E-state index in [1.54, 1.807) is 0 Å². The van der Waals surface area contributed by atoms with Crippen LogP contribution in [0.4, 0.5) is 0 Å². The first kappa shape index (κ1) is 12.5. The van der Waals surface area contributed by atoms with E-state index in [4.69, 9.17) is 0 Å². The number of nitrogens with one attached hydrogen (secondary N) is 1. The van der Waals surface area contributed by atoms with Crippen LogP contribution in [0.2, 0.25) is 0 Å². The van der Waals surface area contributed by atoms with Gasteiger partial charge in [0.15, 0.2) is 0 Å². The molecule has 0 bridgehead atoms. The van der Waals surface area contributed by atoms with Crippen LogP contribution in [-0.4, -0.2) is 12.6 Å². The van der Waals surface area contributed by atoms with Crippen LogP contribution in [0.15, 0.2) is 30.2 Å². The fourth-order valence-electron chi connectivity index (χ4n) is 1.62. The van der Waals surface area contributed by atoms with Gasteiger partial charge in [-0.15, -0.1) is 17.9 Å². The maximum absolute atomic E-state index is 3.82. The molecule has 0 fully saturated rings. The molecule has 1 atom stereocenters. The molecule has 1 N–H and O–H groups in total. The van der Waals surface area contributed by atoms with Crippen molar-refractivity contribution in [3.63, 3.8) is 0 Å². The Morgan fingerprint density at radius 2 is 2.47 bits per heavy atom. The predicted octanol–water partition coefficient (Wildman–Crippen LogP) is 3.63. The maximum atomic E-state index is 3.82. The number of hydrogen-bond donors (Lipinski definition) is 1. The summed E-state index contributed by atoms with van der Waals surface area (Å²) < 4.78 is 0. The third-order valence-electron chi connectivity index (χ3n) is 2.45. The molecular formula is C13H21NS. The molecule has 1 aromatic heterocycles. The molecule has 0 aliphatic carbocycles. The van der Waals surface area contributed by atoms with Crippen molar-refractivity contribution in [3.8, 4) is 0 Å². The van der Waals surface area contributed by atoms with Crippen molar-refractivity contribution in [2.75, 3.05) is 6.54 Å². The molecule has 1 rings (SSSR count). The fourth-order valence-corrected chi connectivity index (χ4v) is 2.35. The number of rotatable bonds is 8. The fraction of sp³-hybridized carbons (Fsp3) is 0.538. The lowest BCUT2D eigenvalue weighted by Crippen LogP contribution is -2.29. The third-order valence-corrected chi connectivity index (χ3v) is 3.39. The molecule has 1 heterocycles. The van der Waals surface area contributed by atoms with Crippen molar-refractivity contribution in [2.24, 2.45) is 0 Å². The van der Waals surface area contributed by atoms with Crippen molar-refractivity contribution in [2.45, 2.75) is 38.6 Å². The van der Waals surface area contributed by atoms with Gasteiger partial charge in [0.05, 0.1) is 0 Å². The number of aryl methyl sites for hydroxylation is 1. The third kappa shape index (κ3) is 5.14. The van der Waals surface area contributed by atoms with Crippen molar-refractivity contribution in [1.29, 1.82) is 0 Å². The van der Waals surface area contributed by atoms with Gasteiger partial charge in [0, 0.05) is 10.9 Å². The second kappa shape index (κ2) is 7.66. The number of thiophene rings is 1. The van der Waals surface area contributed by atoms with Crippen LogP contribution in [-0.2, 0) is 6.42 Å². The highest BCUT2D eigenvalue weighted by Crippen LogP contribution is 2.13. The van der Waals surface area contributed by atoms with Gasteiger partial charge in [0.25, 0.3) is 0 Å². The van der Waals surface area contributed by atoms with Gasteiger partial charge in [-0.3, -0.25) is 0 Å². The van der Waals surface area contributed by atoms with Gasteiger partial charge < -0.3 is 5.32 Å². The minimum absolute atomic E-state index is 0.601. The Morgan fingerprint density at radius 1 is 1.60 bits per heavy atom. The van der Waals surface area contributed by atoms with E-state index in [0.29, 0.717) is 6.04 Å². The molecule has 1 nitrogen and oxygen atoms in total. The highest BCUT2D eigenvalue weighted by molar-refractivity contribution is 7.09. The lowest BCUT2D eigenvalue weighted by atomic mass is 10.1. The summed E-state index contributed by atoms with van der Waals surface area (Å²) in [5.41, 5.74) is 0.